The van der Waals surface area contributed by atoms with Gasteiger partial charge in [-0.1, -0.05) is 0 Å². The maximum atomic E-state index is 11.8. The van der Waals surface area contributed by atoms with Crippen molar-refractivity contribution in [1.29, 1.82) is 0 Å². The van der Waals surface area contributed by atoms with Gasteiger partial charge in [0.15, 0.2) is 0 Å². The Morgan fingerprint density at radius 3 is 3.39 bits per heavy atom. The molecule has 1 unspecified atom stereocenters. The Balaban J connectivity index is 1.91. The van der Waals surface area contributed by atoms with E-state index in [9.17, 15) is 4.79 Å². The molecule has 0 saturated heterocycles. The van der Waals surface area contributed by atoms with Gasteiger partial charge in [0.1, 0.15) is 4.88 Å². The molecule has 0 radical (unpaired) electrons. The SMILES string of the molecule is CCOC(=O)c1cc2c(s1)CCCN1N=CCC21. The van der Waals surface area contributed by atoms with Crippen molar-refractivity contribution in [3.63, 3.8) is 0 Å². The molecule has 1 aromatic rings. The van der Waals surface area contributed by atoms with Gasteiger partial charge >= 0.3 is 5.97 Å². The van der Waals surface area contributed by atoms with E-state index in [1.807, 2.05) is 19.2 Å². The van der Waals surface area contributed by atoms with Gasteiger partial charge in [-0.3, -0.25) is 5.01 Å². The van der Waals surface area contributed by atoms with Crippen LogP contribution in [0.25, 0.3) is 0 Å². The lowest BCUT2D eigenvalue weighted by molar-refractivity contribution is 0.0532. The van der Waals surface area contributed by atoms with Gasteiger partial charge in [-0.15, -0.1) is 11.3 Å². The highest BCUT2D eigenvalue weighted by molar-refractivity contribution is 7.14. The molecule has 5 heteroatoms. The number of thiophene rings is 1. The normalized spacial score (nSPS) is 21.4. The number of carbonyl (C=O) groups is 1. The lowest BCUT2D eigenvalue weighted by Crippen LogP contribution is -2.18. The Hall–Kier alpha value is -1.36. The molecule has 0 saturated carbocycles. The van der Waals surface area contributed by atoms with E-state index < -0.39 is 0 Å². The summed E-state index contributed by atoms with van der Waals surface area (Å²) in [7, 11) is 0. The number of esters is 1. The molecule has 3 heterocycles. The van der Waals surface area contributed by atoms with Crippen LogP contribution in [0.1, 0.15) is 45.9 Å². The summed E-state index contributed by atoms with van der Waals surface area (Å²) in [4.78, 5) is 13.8. The molecule has 0 aliphatic carbocycles. The van der Waals surface area contributed by atoms with Gasteiger partial charge in [-0.05, 0) is 31.4 Å². The zero-order valence-corrected chi connectivity index (χ0v) is 11.2. The van der Waals surface area contributed by atoms with Crippen LogP contribution in [0.15, 0.2) is 11.2 Å². The molecule has 0 N–H and O–H groups in total. The van der Waals surface area contributed by atoms with Crippen molar-refractivity contribution in [3.8, 4) is 0 Å². The Labute approximate surface area is 110 Å². The molecule has 0 aromatic carbocycles. The van der Waals surface area contributed by atoms with Gasteiger partial charge < -0.3 is 4.74 Å². The molecule has 0 fully saturated rings. The Bertz CT molecular complexity index is 495. The van der Waals surface area contributed by atoms with Gasteiger partial charge in [0.05, 0.1) is 12.6 Å². The van der Waals surface area contributed by atoms with E-state index >= 15 is 0 Å². The Morgan fingerprint density at radius 1 is 1.67 bits per heavy atom. The molecule has 0 amide bonds. The van der Waals surface area contributed by atoms with E-state index in [0.717, 1.165) is 30.7 Å². The van der Waals surface area contributed by atoms with Crippen LogP contribution in [0, 0.1) is 0 Å². The summed E-state index contributed by atoms with van der Waals surface area (Å²) < 4.78 is 5.07. The third kappa shape index (κ3) is 1.92. The van der Waals surface area contributed by atoms with Crippen LogP contribution in [0.5, 0.6) is 0 Å². The predicted octanol–water partition coefficient (Wildman–Crippen LogP) is 2.60. The van der Waals surface area contributed by atoms with E-state index in [1.165, 1.54) is 10.4 Å². The summed E-state index contributed by atoms with van der Waals surface area (Å²) in [5, 5.41) is 6.55. The maximum absolute atomic E-state index is 11.8. The number of nitrogens with zero attached hydrogens (tertiary/aromatic N) is 2. The first-order valence-corrected chi connectivity index (χ1v) is 7.20. The number of hydrogen-bond donors (Lipinski definition) is 0. The number of hydrogen-bond acceptors (Lipinski definition) is 5. The summed E-state index contributed by atoms with van der Waals surface area (Å²) in [6, 6.07) is 2.34. The molecule has 4 nitrogen and oxygen atoms in total. The van der Waals surface area contributed by atoms with Crippen molar-refractivity contribution in [2.45, 2.75) is 32.2 Å². The van der Waals surface area contributed by atoms with Crippen LogP contribution in [-0.2, 0) is 11.2 Å². The highest BCUT2D eigenvalue weighted by Gasteiger charge is 2.30. The highest BCUT2D eigenvalue weighted by atomic mass is 32.1. The van der Waals surface area contributed by atoms with E-state index in [4.69, 9.17) is 4.74 Å². The fourth-order valence-corrected chi connectivity index (χ4v) is 3.73. The zero-order valence-electron chi connectivity index (χ0n) is 10.4. The molecule has 18 heavy (non-hydrogen) atoms. The van der Waals surface area contributed by atoms with Crippen LogP contribution in [0.3, 0.4) is 0 Å². The summed E-state index contributed by atoms with van der Waals surface area (Å²) >= 11 is 1.59. The van der Waals surface area contributed by atoms with E-state index in [-0.39, 0.29) is 5.97 Å². The van der Waals surface area contributed by atoms with Gasteiger partial charge in [0.25, 0.3) is 0 Å². The number of ether oxygens (including phenoxy) is 1. The molecule has 3 rings (SSSR count). The average Bonchev–Trinajstić information content (AvgIpc) is 2.94. The highest BCUT2D eigenvalue weighted by Crippen LogP contribution is 2.38. The topological polar surface area (TPSA) is 41.9 Å². The standard InChI is InChI=1S/C13H16N2O2S/c1-2-17-13(16)12-8-9-10-5-6-14-15(10)7-3-4-11(9)18-12/h6,8,10H,2-5,7H2,1H3. The van der Waals surface area contributed by atoms with Crippen molar-refractivity contribution < 1.29 is 9.53 Å². The first-order valence-electron chi connectivity index (χ1n) is 6.38. The molecule has 2 aliphatic rings. The number of carbonyl (C=O) groups excluding carboxylic acids is 1. The van der Waals surface area contributed by atoms with Crippen molar-refractivity contribution in [2.24, 2.45) is 5.10 Å². The molecule has 0 spiro atoms. The van der Waals surface area contributed by atoms with Crippen LogP contribution in [0.2, 0.25) is 0 Å². The molecule has 2 aliphatic heterocycles. The minimum atomic E-state index is -0.193. The van der Waals surface area contributed by atoms with Crippen LogP contribution < -0.4 is 0 Å². The van der Waals surface area contributed by atoms with Gasteiger partial charge in [0, 0.05) is 24.1 Å². The molecular weight excluding hydrogens is 248 g/mol. The lowest BCUT2D eigenvalue weighted by atomic mass is 10.1. The minimum Gasteiger partial charge on any atom is -0.462 e. The van der Waals surface area contributed by atoms with Crippen LogP contribution >= 0.6 is 11.3 Å². The monoisotopic (exact) mass is 264 g/mol. The summed E-state index contributed by atoms with van der Waals surface area (Å²) in [5.41, 5.74) is 1.28. The Kier molecular flexibility index (Phi) is 3.07. The van der Waals surface area contributed by atoms with E-state index in [2.05, 4.69) is 10.1 Å². The first-order chi connectivity index (χ1) is 8.79. The van der Waals surface area contributed by atoms with Crippen molar-refractivity contribution >= 4 is 23.5 Å². The quantitative estimate of drug-likeness (QED) is 0.771. The molecule has 1 aromatic heterocycles. The second-order valence-corrected chi connectivity index (χ2v) is 5.66. The van der Waals surface area contributed by atoms with Gasteiger partial charge in [0.2, 0.25) is 0 Å². The second kappa shape index (κ2) is 4.72. The number of aryl methyl sites for hydroxylation is 1. The summed E-state index contributed by atoms with van der Waals surface area (Å²) in [5.74, 6) is -0.193. The maximum Gasteiger partial charge on any atom is 0.348 e. The Morgan fingerprint density at radius 2 is 2.56 bits per heavy atom. The fraction of sp³-hybridized carbons (Fsp3) is 0.538. The van der Waals surface area contributed by atoms with E-state index in [1.54, 1.807) is 11.3 Å². The molecule has 1 atom stereocenters. The number of hydrazone groups is 1. The number of rotatable bonds is 2. The molecule has 0 bridgehead atoms. The smallest absolute Gasteiger partial charge is 0.348 e. The van der Waals surface area contributed by atoms with Crippen LogP contribution in [-0.4, -0.2) is 30.3 Å². The van der Waals surface area contributed by atoms with Crippen molar-refractivity contribution in [1.82, 2.24) is 5.01 Å². The first kappa shape index (κ1) is 11.7. The van der Waals surface area contributed by atoms with E-state index in [0.29, 0.717) is 12.6 Å². The second-order valence-electron chi connectivity index (χ2n) is 4.53. The van der Waals surface area contributed by atoms with Gasteiger partial charge in [-0.25, -0.2) is 4.79 Å². The van der Waals surface area contributed by atoms with Crippen LogP contribution in [0.4, 0.5) is 0 Å². The predicted molar refractivity (Wildman–Crippen MR) is 71.2 cm³/mol. The third-order valence-corrected chi connectivity index (χ3v) is 4.58. The summed E-state index contributed by atoms with van der Waals surface area (Å²) in [6.07, 6.45) is 5.07. The number of fused-ring (bicyclic) bond motifs is 3. The fourth-order valence-electron chi connectivity index (χ4n) is 2.58. The largest absolute Gasteiger partial charge is 0.462 e. The van der Waals surface area contributed by atoms with Crippen molar-refractivity contribution in [2.75, 3.05) is 13.2 Å². The molecule has 96 valence electrons. The molecular formula is C13H16N2O2S. The lowest BCUT2D eigenvalue weighted by Gasteiger charge is -2.20. The average molecular weight is 264 g/mol. The third-order valence-electron chi connectivity index (χ3n) is 3.39. The minimum absolute atomic E-state index is 0.193. The zero-order chi connectivity index (χ0) is 12.5. The summed E-state index contributed by atoms with van der Waals surface area (Å²) in [6.45, 7) is 3.28. The van der Waals surface area contributed by atoms with Gasteiger partial charge in [-0.2, -0.15) is 5.10 Å². The van der Waals surface area contributed by atoms with Crippen molar-refractivity contribution in [3.05, 3.63) is 21.4 Å².